The minimum absolute atomic E-state index is 0.527. The summed E-state index contributed by atoms with van der Waals surface area (Å²) in [4.78, 5) is 17.0. The highest BCUT2D eigenvalue weighted by Gasteiger charge is 2.13. The molecule has 5 nitrogen and oxygen atoms in total. The Morgan fingerprint density at radius 3 is 2.48 bits per heavy atom. The maximum Gasteiger partial charge on any atom is 0.240 e. The van der Waals surface area contributed by atoms with Gasteiger partial charge >= 0.3 is 0 Å². The van der Waals surface area contributed by atoms with Crippen LogP contribution in [0.4, 0.5) is 0 Å². The second-order valence-corrected chi connectivity index (χ2v) is 6.80. The first-order chi connectivity index (χ1) is 12.1. The van der Waals surface area contributed by atoms with Gasteiger partial charge in [0.15, 0.2) is 0 Å². The second-order valence-electron chi connectivity index (χ2n) is 5.48. The Kier molecular flexibility index (Phi) is 4.07. The number of thiophene rings is 1. The van der Waals surface area contributed by atoms with E-state index in [0.29, 0.717) is 16.7 Å². The number of nitrogens with zero attached hydrogens (tertiary/aromatic N) is 4. The van der Waals surface area contributed by atoms with Gasteiger partial charge in [-0.05, 0) is 37.4 Å². The predicted molar refractivity (Wildman–Crippen MR) is 99.4 cm³/mol. The predicted octanol–water partition coefficient (Wildman–Crippen LogP) is 5.21. The number of rotatable bonds is 3. The summed E-state index contributed by atoms with van der Waals surface area (Å²) in [5, 5.41) is 2.54. The Balaban J connectivity index is 1.72. The van der Waals surface area contributed by atoms with Crippen molar-refractivity contribution in [1.82, 2.24) is 19.9 Å². The fourth-order valence-corrected chi connectivity index (χ4v) is 3.73. The van der Waals surface area contributed by atoms with Crippen LogP contribution in [-0.4, -0.2) is 19.9 Å². The van der Waals surface area contributed by atoms with Crippen molar-refractivity contribution in [2.75, 3.05) is 0 Å². The van der Waals surface area contributed by atoms with E-state index in [9.17, 15) is 0 Å². The molecular formula is C18H13ClN4OS. The zero-order chi connectivity index (χ0) is 17.4. The summed E-state index contributed by atoms with van der Waals surface area (Å²) in [5.74, 6) is 1.15. The van der Waals surface area contributed by atoms with Crippen molar-refractivity contribution in [3.63, 3.8) is 0 Å². The summed E-state index contributed by atoms with van der Waals surface area (Å²) in [5.41, 5.74) is 4.47. The van der Waals surface area contributed by atoms with Crippen LogP contribution in [0.2, 0.25) is 5.02 Å². The molecular weight excluding hydrogens is 356 g/mol. The van der Waals surface area contributed by atoms with Gasteiger partial charge in [-0.2, -0.15) is 0 Å². The van der Waals surface area contributed by atoms with E-state index in [4.69, 9.17) is 16.3 Å². The van der Waals surface area contributed by atoms with Crippen LogP contribution in [0.25, 0.3) is 21.3 Å². The molecule has 0 atom stereocenters. The first-order valence-corrected chi connectivity index (χ1v) is 8.83. The monoisotopic (exact) mass is 368 g/mol. The molecule has 4 rings (SSSR count). The summed E-state index contributed by atoms with van der Waals surface area (Å²) < 4.78 is 6.83. The number of hydrogen-bond donors (Lipinski definition) is 0. The third kappa shape index (κ3) is 2.94. The Morgan fingerprint density at radius 1 is 0.960 bits per heavy atom. The van der Waals surface area contributed by atoms with Gasteiger partial charge in [0, 0.05) is 28.6 Å². The average molecular weight is 369 g/mol. The summed E-state index contributed by atoms with van der Waals surface area (Å²) in [6.07, 6.45) is 3.05. The average Bonchev–Trinajstić information content (AvgIpc) is 3.06. The number of aryl methyl sites for hydroxylation is 2. The lowest BCUT2D eigenvalue weighted by molar-refractivity contribution is 0.469. The summed E-state index contributed by atoms with van der Waals surface area (Å²) in [6.45, 7) is 3.89. The van der Waals surface area contributed by atoms with Crippen molar-refractivity contribution in [2.45, 2.75) is 13.8 Å². The van der Waals surface area contributed by atoms with Crippen molar-refractivity contribution in [2.24, 2.45) is 0 Å². The molecule has 1 aromatic carbocycles. The topological polar surface area (TPSA) is 60.8 Å². The van der Waals surface area contributed by atoms with Gasteiger partial charge in [0.25, 0.3) is 0 Å². The van der Waals surface area contributed by atoms with Crippen molar-refractivity contribution >= 4 is 33.2 Å². The maximum atomic E-state index is 6.51. The number of hydrogen-bond acceptors (Lipinski definition) is 6. The van der Waals surface area contributed by atoms with Crippen molar-refractivity contribution in [1.29, 1.82) is 0 Å². The van der Waals surface area contributed by atoms with Crippen LogP contribution in [0.3, 0.4) is 0 Å². The molecule has 0 aliphatic rings. The highest BCUT2D eigenvalue weighted by molar-refractivity contribution is 7.17. The third-order valence-electron chi connectivity index (χ3n) is 3.86. The number of ether oxygens (including phenoxy) is 1. The molecule has 0 saturated carbocycles. The zero-order valence-electron chi connectivity index (χ0n) is 13.5. The van der Waals surface area contributed by atoms with Gasteiger partial charge in [-0.25, -0.2) is 19.9 Å². The molecule has 0 spiro atoms. The smallest absolute Gasteiger partial charge is 0.240 e. The molecule has 0 aliphatic carbocycles. The molecule has 0 fully saturated rings. The van der Waals surface area contributed by atoms with Crippen LogP contribution < -0.4 is 4.74 Å². The minimum Gasteiger partial charge on any atom is -0.437 e. The van der Waals surface area contributed by atoms with Gasteiger partial charge in [-0.1, -0.05) is 11.6 Å². The second kappa shape index (κ2) is 6.38. The molecule has 124 valence electrons. The van der Waals surface area contributed by atoms with Gasteiger partial charge in [0.05, 0.1) is 10.5 Å². The van der Waals surface area contributed by atoms with E-state index in [0.717, 1.165) is 32.7 Å². The van der Waals surface area contributed by atoms with Crippen molar-refractivity contribution in [3.05, 3.63) is 58.7 Å². The van der Waals surface area contributed by atoms with Gasteiger partial charge in [0.2, 0.25) is 5.88 Å². The Morgan fingerprint density at radius 2 is 1.72 bits per heavy atom. The first kappa shape index (κ1) is 15.9. The van der Waals surface area contributed by atoms with Crippen molar-refractivity contribution in [3.8, 4) is 22.8 Å². The lowest BCUT2D eigenvalue weighted by Gasteiger charge is -2.12. The molecule has 7 heteroatoms. The van der Waals surface area contributed by atoms with E-state index in [1.165, 1.54) is 6.33 Å². The molecule has 0 saturated heterocycles. The summed E-state index contributed by atoms with van der Waals surface area (Å²) in [7, 11) is 0. The fourth-order valence-electron chi connectivity index (χ4n) is 2.70. The highest BCUT2D eigenvalue weighted by Crippen LogP contribution is 2.36. The lowest BCUT2D eigenvalue weighted by atomic mass is 10.0. The number of benzene rings is 1. The Bertz CT molecular complexity index is 1060. The zero-order valence-corrected chi connectivity index (χ0v) is 15.1. The molecule has 0 radical (unpaired) electrons. The van der Waals surface area contributed by atoms with Gasteiger partial charge in [0.1, 0.15) is 23.1 Å². The SMILES string of the molecule is Cc1ncnc(C)c1-c1ccc(Oc2ncnc3ccsc23)cc1Cl. The van der Waals surface area contributed by atoms with Crippen LogP contribution in [0.15, 0.2) is 42.3 Å². The number of fused-ring (bicyclic) bond motifs is 1. The van der Waals surface area contributed by atoms with E-state index in [2.05, 4.69) is 19.9 Å². The lowest BCUT2D eigenvalue weighted by Crippen LogP contribution is -1.96. The van der Waals surface area contributed by atoms with E-state index >= 15 is 0 Å². The quantitative estimate of drug-likeness (QED) is 0.496. The highest BCUT2D eigenvalue weighted by atomic mass is 35.5. The molecule has 0 N–H and O–H groups in total. The third-order valence-corrected chi connectivity index (χ3v) is 5.07. The standard InChI is InChI=1S/C18H13ClN4OS/c1-10-16(11(2)21-8-20-10)13-4-3-12(7-14(13)19)24-18-17-15(5-6-25-17)22-9-23-18/h3-9H,1-2H3. The minimum atomic E-state index is 0.527. The molecule has 0 amide bonds. The molecule has 3 heterocycles. The van der Waals surface area contributed by atoms with E-state index in [-0.39, 0.29) is 0 Å². The Hall–Kier alpha value is -2.57. The molecule has 25 heavy (non-hydrogen) atoms. The van der Waals surface area contributed by atoms with Crippen molar-refractivity contribution < 1.29 is 4.74 Å². The first-order valence-electron chi connectivity index (χ1n) is 7.57. The van der Waals surface area contributed by atoms with Crippen LogP contribution in [0.5, 0.6) is 11.6 Å². The summed E-state index contributed by atoms with van der Waals surface area (Å²) in [6, 6.07) is 7.51. The van der Waals surface area contributed by atoms with E-state index < -0.39 is 0 Å². The number of aromatic nitrogens is 4. The Labute approximate surface area is 153 Å². The van der Waals surface area contributed by atoms with E-state index in [1.807, 2.05) is 37.4 Å². The molecule has 0 unspecified atom stereocenters. The van der Waals surface area contributed by atoms with Crippen LogP contribution in [-0.2, 0) is 0 Å². The summed E-state index contributed by atoms with van der Waals surface area (Å²) >= 11 is 8.05. The van der Waals surface area contributed by atoms with Crippen LogP contribution in [0, 0.1) is 13.8 Å². The van der Waals surface area contributed by atoms with Crippen LogP contribution in [0.1, 0.15) is 11.4 Å². The van der Waals surface area contributed by atoms with Gasteiger partial charge in [-0.3, -0.25) is 0 Å². The molecule has 3 aromatic heterocycles. The maximum absolute atomic E-state index is 6.51. The normalized spacial score (nSPS) is 11.0. The van der Waals surface area contributed by atoms with Gasteiger partial charge < -0.3 is 4.74 Å². The molecule has 0 bridgehead atoms. The molecule has 4 aromatic rings. The van der Waals surface area contributed by atoms with E-state index in [1.54, 1.807) is 23.7 Å². The van der Waals surface area contributed by atoms with Crippen LogP contribution >= 0.6 is 22.9 Å². The fraction of sp³-hybridized carbons (Fsp3) is 0.111. The molecule has 0 aliphatic heterocycles. The number of halogens is 1. The largest absolute Gasteiger partial charge is 0.437 e. The van der Waals surface area contributed by atoms with Gasteiger partial charge in [-0.15, -0.1) is 11.3 Å².